The molecule has 1 atom stereocenters. The molecule has 2 N–H and O–H groups in total. The van der Waals surface area contributed by atoms with Gasteiger partial charge in [0.2, 0.25) is 0 Å². The second kappa shape index (κ2) is 6.27. The molecule has 0 aliphatic heterocycles. The molecule has 110 valence electrons. The molecule has 4 heteroatoms. The maximum Gasteiger partial charge on any atom is 0.260 e. The molecule has 1 aromatic rings. The molecule has 20 heavy (non-hydrogen) atoms. The lowest BCUT2D eigenvalue weighted by Crippen LogP contribution is -2.36. The molecule has 0 radical (unpaired) electrons. The summed E-state index contributed by atoms with van der Waals surface area (Å²) in [7, 11) is 0. The number of nitrogens with zero attached hydrogens (tertiary/aromatic N) is 1. The van der Waals surface area contributed by atoms with Crippen LogP contribution >= 0.6 is 0 Å². The summed E-state index contributed by atoms with van der Waals surface area (Å²) in [5.74, 6) is 0.785. The molecular weight excluding hydrogens is 252 g/mol. The molecular formula is C16H24N2O2. The van der Waals surface area contributed by atoms with Gasteiger partial charge in [-0.2, -0.15) is 0 Å². The van der Waals surface area contributed by atoms with Crippen molar-refractivity contribution in [3.63, 3.8) is 0 Å². The number of aryl methyl sites for hydroxylation is 1. The molecule has 1 aliphatic rings. The van der Waals surface area contributed by atoms with E-state index in [0.29, 0.717) is 6.04 Å². The molecule has 4 nitrogen and oxygen atoms in total. The minimum Gasteiger partial charge on any atom is -0.483 e. The van der Waals surface area contributed by atoms with Crippen molar-refractivity contribution in [3.8, 4) is 5.75 Å². The number of nitrogens with two attached hydrogens (primary N) is 1. The quantitative estimate of drug-likeness (QED) is 0.868. The highest BCUT2D eigenvalue weighted by molar-refractivity contribution is 5.78. The fraction of sp³-hybridized carbons (Fsp3) is 0.562. The Morgan fingerprint density at radius 2 is 2.20 bits per heavy atom. The van der Waals surface area contributed by atoms with Gasteiger partial charge in [0.25, 0.3) is 5.91 Å². The molecule has 0 spiro atoms. The molecule has 0 aromatic heterocycles. The average molecular weight is 276 g/mol. The van der Waals surface area contributed by atoms with Crippen molar-refractivity contribution in [1.82, 2.24) is 4.90 Å². The van der Waals surface area contributed by atoms with E-state index in [1.54, 1.807) is 0 Å². The summed E-state index contributed by atoms with van der Waals surface area (Å²) in [6.07, 6.45) is 2.24. The van der Waals surface area contributed by atoms with Crippen molar-refractivity contribution in [3.05, 3.63) is 29.3 Å². The second-order valence-corrected chi connectivity index (χ2v) is 5.53. The van der Waals surface area contributed by atoms with Crippen LogP contribution in [0.3, 0.4) is 0 Å². The molecule has 0 saturated heterocycles. The van der Waals surface area contributed by atoms with Gasteiger partial charge in [-0.3, -0.25) is 4.79 Å². The van der Waals surface area contributed by atoms with E-state index in [4.69, 9.17) is 10.5 Å². The third-order valence-corrected chi connectivity index (χ3v) is 3.66. The Labute approximate surface area is 120 Å². The molecule has 1 saturated carbocycles. The van der Waals surface area contributed by atoms with Crippen LogP contribution in [-0.4, -0.2) is 30.0 Å². The minimum atomic E-state index is -0.105. The van der Waals surface area contributed by atoms with Crippen LogP contribution in [0.4, 0.5) is 0 Å². The van der Waals surface area contributed by atoms with Crippen molar-refractivity contribution in [2.75, 3.05) is 13.2 Å². The fourth-order valence-corrected chi connectivity index (χ4v) is 2.39. The van der Waals surface area contributed by atoms with Gasteiger partial charge in [-0.05, 0) is 45.2 Å². The third kappa shape index (κ3) is 3.51. The van der Waals surface area contributed by atoms with Crippen LogP contribution in [0.25, 0.3) is 0 Å². The topological polar surface area (TPSA) is 55.6 Å². The summed E-state index contributed by atoms with van der Waals surface area (Å²) >= 11 is 0. The van der Waals surface area contributed by atoms with Gasteiger partial charge in [0.15, 0.2) is 6.61 Å². The number of hydrogen-bond donors (Lipinski definition) is 1. The van der Waals surface area contributed by atoms with Crippen molar-refractivity contribution in [1.29, 1.82) is 0 Å². The Morgan fingerprint density at radius 3 is 2.75 bits per heavy atom. The molecule has 0 bridgehead atoms. The second-order valence-electron chi connectivity index (χ2n) is 5.53. The Kier molecular flexibility index (Phi) is 4.65. The summed E-state index contributed by atoms with van der Waals surface area (Å²) < 4.78 is 5.73. The van der Waals surface area contributed by atoms with Gasteiger partial charge in [-0.15, -0.1) is 0 Å². The summed E-state index contributed by atoms with van der Waals surface area (Å²) in [5, 5.41) is 0. The number of ether oxygens (including phenoxy) is 1. The molecule has 1 fully saturated rings. The van der Waals surface area contributed by atoms with Crippen LogP contribution in [0.1, 0.15) is 43.9 Å². The monoisotopic (exact) mass is 276 g/mol. The van der Waals surface area contributed by atoms with E-state index >= 15 is 0 Å². The van der Waals surface area contributed by atoms with E-state index in [0.717, 1.165) is 36.3 Å². The molecule has 0 heterocycles. The first-order valence-corrected chi connectivity index (χ1v) is 7.31. The number of hydrogen-bond acceptors (Lipinski definition) is 3. The molecule has 2 rings (SSSR count). The normalized spacial score (nSPS) is 15.8. The lowest BCUT2D eigenvalue weighted by Gasteiger charge is -2.21. The zero-order valence-electron chi connectivity index (χ0n) is 12.6. The van der Waals surface area contributed by atoms with E-state index in [9.17, 15) is 4.79 Å². The zero-order chi connectivity index (χ0) is 14.7. The van der Waals surface area contributed by atoms with Gasteiger partial charge in [0, 0.05) is 24.2 Å². The van der Waals surface area contributed by atoms with Gasteiger partial charge in [-0.1, -0.05) is 12.1 Å². The van der Waals surface area contributed by atoms with Gasteiger partial charge < -0.3 is 15.4 Å². The highest BCUT2D eigenvalue weighted by atomic mass is 16.5. The number of rotatable bonds is 6. The van der Waals surface area contributed by atoms with Crippen molar-refractivity contribution < 1.29 is 9.53 Å². The van der Waals surface area contributed by atoms with Gasteiger partial charge in [0.1, 0.15) is 5.75 Å². The predicted octanol–water partition coefficient (Wildman–Crippen LogP) is 2.40. The van der Waals surface area contributed by atoms with Gasteiger partial charge >= 0.3 is 0 Å². The largest absolute Gasteiger partial charge is 0.483 e. The highest BCUT2D eigenvalue weighted by Gasteiger charge is 2.31. The van der Waals surface area contributed by atoms with Crippen LogP contribution in [0.5, 0.6) is 5.75 Å². The maximum atomic E-state index is 12.2. The first-order chi connectivity index (χ1) is 9.52. The Morgan fingerprint density at radius 1 is 1.50 bits per heavy atom. The lowest BCUT2D eigenvalue weighted by molar-refractivity contribution is -0.133. The summed E-state index contributed by atoms with van der Waals surface area (Å²) in [4.78, 5) is 14.1. The third-order valence-electron chi connectivity index (χ3n) is 3.66. The molecule has 1 aromatic carbocycles. The smallest absolute Gasteiger partial charge is 0.260 e. The Bertz CT molecular complexity index is 481. The van der Waals surface area contributed by atoms with Crippen LogP contribution in [0.15, 0.2) is 18.2 Å². The molecule has 1 amide bonds. The number of carbonyl (C=O) groups excluding carboxylic acids is 1. The standard InChI is InChI=1S/C16H24N2O2/c1-4-18(13-6-7-13)16(19)10-20-15-9-11(2)5-8-14(15)12(3)17/h5,8-9,12-13H,4,6-7,10,17H2,1-3H3/t12-/m0/s1. The van der Waals surface area contributed by atoms with E-state index in [-0.39, 0.29) is 18.6 Å². The van der Waals surface area contributed by atoms with E-state index in [1.807, 2.05) is 43.9 Å². The number of amides is 1. The predicted molar refractivity (Wildman–Crippen MR) is 79.7 cm³/mol. The van der Waals surface area contributed by atoms with Gasteiger partial charge in [0.05, 0.1) is 0 Å². The summed E-state index contributed by atoms with van der Waals surface area (Å²) in [6.45, 7) is 6.77. The van der Waals surface area contributed by atoms with E-state index < -0.39 is 0 Å². The maximum absolute atomic E-state index is 12.2. The van der Waals surface area contributed by atoms with Crippen LogP contribution in [-0.2, 0) is 4.79 Å². The Hall–Kier alpha value is -1.55. The first kappa shape index (κ1) is 14.9. The number of benzene rings is 1. The number of carbonyl (C=O) groups is 1. The summed E-state index contributed by atoms with van der Waals surface area (Å²) in [6, 6.07) is 6.25. The lowest BCUT2D eigenvalue weighted by atomic mass is 10.1. The van der Waals surface area contributed by atoms with Crippen molar-refractivity contribution in [2.45, 2.75) is 45.7 Å². The first-order valence-electron chi connectivity index (χ1n) is 7.31. The van der Waals surface area contributed by atoms with Crippen LogP contribution in [0.2, 0.25) is 0 Å². The van der Waals surface area contributed by atoms with Crippen molar-refractivity contribution >= 4 is 5.91 Å². The van der Waals surface area contributed by atoms with Crippen LogP contribution in [0, 0.1) is 6.92 Å². The van der Waals surface area contributed by atoms with E-state index in [2.05, 4.69) is 0 Å². The number of likely N-dealkylation sites (N-methyl/N-ethyl adjacent to an activating group) is 1. The van der Waals surface area contributed by atoms with E-state index in [1.165, 1.54) is 0 Å². The molecule has 0 unspecified atom stereocenters. The van der Waals surface area contributed by atoms with Gasteiger partial charge in [-0.25, -0.2) is 0 Å². The minimum absolute atomic E-state index is 0.0622. The van der Waals surface area contributed by atoms with Crippen LogP contribution < -0.4 is 10.5 Å². The van der Waals surface area contributed by atoms with Crippen molar-refractivity contribution in [2.24, 2.45) is 5.73 Å². The molecule has 1 aliphatic carbocycles. The SMILES string of the molecule is CCN(C(=O)COc1cc(C)ccc1[C@H](C)N)C1CC1. The zero-order valence-corrected chi connectivity index (χ0v) is 12.6. The highest BCUT2D eigenvalue weighted by Crippen LogP contribution is 2.28. The Balaban J connectivity index is 2.02. The fourth-order valence-electron chi connectivity index (χ4n) is 2.39. The summed E-state index contributed by atoms with van der Waals surface area (Å²) in [5.41, 5.74) is 7.99. The average Bonchev–Trinajstić information content (AvgIpc) is 3.21.